The van der Waals surface area contributed by atoms with Gasteiger partial charge in [0.2, 0.25) is 0 Å². The maximum Gasteiger partial charge on any atom is 0.167 e. The maximum absolute atomic E-state index is 11.7. The highest BCUT2D eigenvalue weighted by Gasteiger charge is 2.32. The van der Waals surface area contributed by atoms with Crippen molar-refractivity contribution in [1.29, 1.82) is 0 Å². The summed E-state index contributed by atoms with van der Waals surface area (Å²) in [7, 11) is 0. The SMILES string of the molecule is O=C(c1ccc(O)c(Cl)c1Cl)C1CC1. The lowest BCUT2D eigenvalue weighted by Crippen LogP contribution is -2.02. The van der Waals surface area contributed by atoms with Crippen LogP contribution in [0.5, 0.6) is 5.75 Å². The summed E-state index contributed by atoms with van der Waals surface area (Å²) in [6.07, 6.45) is 1.85. The number of benzene rings is 1. The Kier molecular flexibility index (Phi) is 2.41. The Balaban J connectivity index is 2.43. The van der Waals surface area contributed by atoms with Gasteiger partial charge in [-0.15, -0.1) is 0 Å². The molecule has 2 nitrogen and oxygen atoms in total. The number of halogens is 2. The number of phenolic OH excluding ortho intramolecular Hbond substituents is 1. The molecule has 0 amide bonds. The molecule has 4 heteroatoms. The quantitative estimate of drug-likeness (QED) is 0.793. The van der Waals surface area contributed by atoms with Crippen LogP contribution in [0.25, 0.3) is 0 Å². The van der Waals surface area contributed by atoms with Crippen LogP contribution in [0.1, 0.15) is 23.2 Å². The zero-order valence-electron chi connectivity index (χ0n) is 7.26. The number of phenols is 1. The van der Waals surface area contributed by atoms with E-state index in [2.05, 4.69) is 0 Å². The van der Waals surface area contributed by atoms with Gasteiger partial charge in [-0.3, -0.25) is 4.79 Å². The third kappa shape index (κ3) is 1.60. The van der Waals surface area contributed by atoms with Gasteiger partial charge in [-0.1, -0.05) is 23.2 Å². The highest BCUT2D eigenvalue weighted by Crippen LogP contribution is 2.39. The first-order valence-electron chi connectivity index (χ1n) is 4.32. The molecule has 0 bridgehead atoms. The number of hydrogen-bond donors (Lipinski definition) is 1. The molecular formula is C10H8Cl2O2. The van der Waals surface area contributed by atoms with Gasteiger partial charge in [0.05, 0.1) is 5.02 Å². The molecule has 0 saturated heterocycles. The first kappa shape index (κ1) is 9.81. The predicted molar refractivity (Wildman–Crippen MR) is 55.2 cm³/mol. The first-order chi connectivity index (χ1) is 6.61. The number of carbonyl (C=O) groups is 1. The van der Waals surface area contributed by atoms with Crippen molar-refractivity contribution in [1.82, 2.24) is 0 Å². The van der Waals surface area contributed by atoms with E-state index >= 15 is 0 Å². The van der Waals surface area contributed by atoms with Crippen LogP contribution in [0.2, 0.25) is 10.0 Å². The van der Waals surface area contributed by atoms with E-state index in [1.807, 2.05) is 0 Å². The summed E-state index contributed by atoms with van der Waals surface area (Å²) in [5.74, 6) is 0.0361. The molecule has 1 fully saturated rings. The van der Waals surface area contributed by atoms with Gasteiger partial charge in [-0.05, 0) is 25.0 Å². The second kappa shape index (κ2) is 3.44. The molecule has 0 radical (unpaired) electrons. The van der Waals surface area contributed by atoms with Crippen molar-refractivity contribution < 1.29 is 9.90 Å². The van der Waals surface area contributed by atoms with Crippen LogP contribution in [0, 0.1) is 5.92 Å². The van der Waals surface area contributed by atoms with E-state index in [1.54, 1.807) is 0 Å². The number of carbonyl (C=O) groups excluding carboxylic acids is 1. The van der Waals surface area contributed by atoms with Crippen LogP contribution in [-0.2, 0) is 0 Å². The Morgan fingerprint density at radius 3 is 2.50 bits per heavy atom. The fraction of sp³-hybridized carbons (Fsp3) is 0.300. The minimum atomic E-state index is -0.0935. The van der Waals surface area contributed by atoms with Gasteiger partial charge in [0, 0.05) is 11.5 Å². The van der Waals surface area contributed by atoms with Crippen molar-refractivity contribution >= 4 is 29.0 Å². The molecule has 1 aliphatic carbocycles. The van der Waals surface area contributed by atoms with E-state index in [0.29, 0.717) is 5.56 Å². The molecule has 1 saturated carbocycles. The fourth-order valence-electron chi connectivity index (χ4n) is 1.30. The van der Waals surface area contributed by atoms with E-state index in [1.165, 1.54) is 12.1 Å². The van der Waals surface area contributed by atoms with Gasteiger partial charge in [0.1, 0.15) is 10.8 Å². The van der Waals surface area contributed by atoms with Crippen molar-refractivity contribution in [3.63, 3.8) is 0 Å². The van der Waals surface area contributed by atoms with Crippen molar-refractivity contribution in [3.05, 3.63) is 27.7 Å². The monoisotopic (exact) mass is 230 g/mol. The van der Waals surface area contributed by atoms with Crippen LogP contribution in [0.15, 0.2) is 12.1 Å². The number of aromatic hydroxyl groups is 1. The first-order valence-corrected chi connectivity index (χ1v) is 5.08. The molecule has 0 heterocycles. The highest BCUT2D eigenvalue weighted by molar-refractivity contribution is 6.44. The molecule has 1 aliphatic rings. The molecule has 0 unspecified atom stereocenters. The van der Waals surface area contributed by atoms with Gasteiger partial charge in [0.15, 0.2) is 5.78 Å². The van der Waals surface area contributed by atoms with Crippen LogP contribution >= 0.6 is 23.2 Å². The molecule has 0 atom stereocenters. The number of ketones is 1. The molecule has 0 aromatic heterocycles. The minimum Gasteiger partial charge on any atom is -0.506 e. The lowest BCUT2D eigenvalue weighted by atomic mass is 10.1. The van der Waals surface area contributed by atoms with E-state index in [9.17, 15) is 9.90 Å². The van der Waals surface area contributed by atoms with Gasteiger partial charge in [0.25, 0.3) is 0 Å². The van der Waals surface area contributed by atoms with Crippen LogP contribution in [-0.4, -0.2) is 10.9 Å². The lowest BCUT2D eigenvalue weighted by molar-refractivity contribution is 0.0968. The predicted octanol–water partition coefficient (Wildman–Crippen LogP) is 3.29. The Morgan fingerprint density at radius 2 is 1.93 bits per heavy atom. The summed E-state index contributed by atoms with van der Waals surface area (Å²) in [4.78, 5) is 11.7. The topological polar surface area (TPSA) is 37.3 Å². The average Bonchev–Trinajstić information content (AvgIpc) is 2.97. The standard InChI is InChI=1S/C10H8Cl2O2/c11-8-6(10(14)5-1-2-5)3-4-7(13)9(8)12/h3-5,13H,1-2H2. The highest BCUT2D eigenvalue weighted by atomic mass is 35.5. The zero-order valence-corrected chi connectivity index (χ0v) is 8.77. The molecule has 2 rings (SSSR count). The fourth-order valence-corrected chi connectivity index (χ4v) is 1.71. The second-order valence-corrected chi connectivity index (χ2v) is 4.15. The lowest BCUT2D eigenvalue weighted by Gasteiger charge is -2.05. The maximum atomic E-state index is 11.7. The third-order valence-corrected chi connectivity index (χ3v) is 3.15. The number of hydrogen-bond acceptors (Lipinski definition) is 2. The molecule has 1 N–H and O–H groups in total. The summed E-state index contributed by atoms with van der Waals surface area (Å²) in [6.45, 7) is 0. The summed E-state index contributed by atoms with van der Waals surface area (Å²) < 4.78 is 0. The molecular weight excluding hydrogens is 223 g/mol. The van der Waals surface area contributed by atoms with Crippen molar-refractivity contribution in [2.75, 3.05) is 0 Å². The van der Waals surface area contributed by atoms with Gasteiger partial charge < -0.3 is 5.11 Å². The van der Waals surface area contributed by atoms with Crippen LogP contribution in [0.4, 0.5) is 0 Å². The van der Waals surface area contributed by atoms with Crippen LogP contribution < -0.4 is 0 Å². The van der Waals surface area contributed by atoms with E-state index < -0.39 is 0 Å². The molecule has 1 aromatic carbocycles. The Hall–Kier alpha value is -0.730. The number of rotatable bonds is 2. The smallest absolute Gasteiger partial charge is 0.167 e. The van der Waals surface area contributed by atoms with E-state index in [-0.39, 0.29) is 27.5 Å². The van der Waals surface area contributed by atoms with Gasteiger partial charge in [-0.2, -0.15) is 0 Å². The van der Waals surface area contributed by atoms with Gasteiger partial charge >= 0.3 is 0 Å². The number of Topliss-reactive ketones (excluding diaryl/α,β-unsaturated/α-hetero) is 1. The Morgan fingerprint density at radius 1 is 1.29 bits per heavy atom. The molecule has 1 aromatic rings. The summed E-state index contributed by atoms with van der Waals surface area (Å²) in [5, 5.41) is 9.44. The molecule has 74 valence electrons. The second-order valence-electron chi connectivity index (χ2n) is 3.40. The summed E-state index contributed by atoms with van der Waals surface area (Å²) >= 11 is 11.6. The normalized spacial score (nSPS) is 15.6. The van der Waals surface area contributed by atoms with Crippen molar-refractivity contribution in [3.8, 4) is 5.75 Å². The zero-order chi connectivity index (χ0) is 10.3. The summed E-state index contributed by atoms with van der Waals surface area (Å²) in [5.41, 5.74) is 0.414. The van der Waals surface area contributed by atoms with Crippen LogP contribution in [0.3, 0.4) is 0 Å². The molecule has 14 heavy (non-hydrogen) atoms. The Labute approximate surface area is 91.4 Å². The minimum absolute atomic E-state index is 0.0249. The van der Waals surface area contributed by atoms with E-state index in [4.69, 9.17) is 23.2 Å². The molecule has 0 spiro atoms. The molecule has 0 aliphatic heterocycles. The van der Waals surface area contributed by atoms with Gasteiger partial charge in [-0.25, -0.2) is 0 Å². The van der Waals surface area contributed by atoms with Crippen molar-refractivity contribution in [2.24, 2.45) is 5.92 Å². The third-order valence-electron chi connectivity index (χ3n) is 2.28. The van der Waals surface area contributed by atoms with Crippen molar-refractivity contribution in [2.45, 2.75) is 12.8 Å². The largest absolute Gasteiger partial charge is 0.506 e. The summed E-state index contributed by atoms with van der Waals surface area (Å²) in [6, 6.07) is 2.91. The Bertz CT molecular complexity index is 397. The average molecular weight is 231 g/mol. The van der Waals surface area contributed by atoms with E-state index in [0.717, 1.165) is 12.8 Å².